The van der Waals surface area contributed by atoms with Crippen molar-refractivity contribution in [2.45, 2.75) is 6.54 Å². The molecule has 0 aliphatic heterocycles. The molecule has 0 bridgehead atoms. The molecule has 0 aliphatic carbocycles. The molecule has 2 aromatic heterocycles. The van der Waals surface area contributed by atoms with Gasteiger partial charge in [-0.25, -0.2) is 4.98 Å². The van der Waals surface area contributed by atoms with Gasteiger partial charge in [-0.15, -0.1) is 0 Å². The summed E-state index contributed by atoms with van der Waals surface area (Å²) >= 11 is 0. The maximum atomic E-state index is 12.0. The largest absolute Gasteiger partial charge is 0.320 e. The molecule has 0 saturated carbocycles. The molecule has 100 valence electrons. The third kappa shape index (κ3) is 2.14. The first-order valence-corrected chi connectivity index (χ1v) is 5.88. The molecule has 0 radical (unpaired) electrons. The van der Waals surface area contributed by atoms with Crippen LogP contribution >= 0.6 is 0 Å². The fourth-order valence-corrected chi connectivity index (χ4v) is 1.98. The fourth-order valence-electron chi connectivity index (χ4n) is 1.98. The molecular weight excluding hydrogens is 258 g/mol. The van der Waals surface area contributed by atoms with Gasteiger partial charge < -0.3 is 10.4 Å². The highest BCUT2D eigenvalue weighted by Crippen LogP contribution is 2.11. The Morgan fingerprint density at radius 1 is 1.30 bits per heavy atom. The van der Waals surface area contributed by atoms with E-state index in [-0.39, 0.29) is 11.5 Å². The van der Waals surface area contributed by atoms with Crippen LogP contribution in [0.3, 0.4) is 0 Å². The summed E-state index contributed by atoms with van der Waals surface area (Å²) < 4.78 is 1.74. The van der Waals surface area contributed by atoms with Crippen LogP contribution in [-0.4, -0.2) is 19.5 Å². The predicted molar refractivity (Wildman–Crippen MR) is 72.4 cm³/mol. The topological polar surface area (TPSA) is 114 Å². The van der Waals surface area contributed by atoms with Gasteiger partial charge in [-0.3, -0.25) is 9.78 Å². The molecule has 1 aromatic carbocycles. The Kier molecular flexibility index (Phi) is 2.96. The average Bonchev–Trinajstić information content (AvgIpc) is 2.84. The molecule has 0 unspecified atom stereocenters. The standard InChI is InChI=1S/C12H11N7O/c13-18-17-12-15-10-9(11(20)16-12)19(7-14-10)6-8-4-2-1-3-5-8/h1-5,7H,6H2,(H3,13,15,16,17,20). The van der Waals surface area contributed by atoms with E-state index in [4.69, 9.17) is 5.84 Å². The van der Waals surface area contributed by atoms with Crippen LogP contribution in [-0.2, 0) is 6.54 Å². The minimum absolute atomic E-state index is 0.0370. The maximum Gasteiger partial charge on any atom is 0.278 e. The highest BCUT2D eigenvalue weighted by Gasteiger charge is 2.10. The molecule has 8 nitrogen and oxygen atoms in total. The molecule has 0 atom stereocenters. The summed E-state index contributed by atoms with van der Waals surface area (Å²) in [5.74, 6) is 4.97. The number of H-pyrrole nitrogens is 1. The van der Waals surface area contributed by atoms with Crippen molar-refractivity contribution < 1.29 is 0 Å². The van der Waals surface area contributed by atoms with E-state index in [0.29, 0.717) is 17.7 Å². The number of benzene rings is 1. The van der Waals surface area contributed by atoms with Crippen molar-refractivity contribution in [3.05, 3.63) is 52.6 Å². The number of aromatic amines is 1. The van der Waals surface area contributed by atoms with E-state index in [1.54, 1.807) is 10.9 Å². The van der Waals surface area contributed by atoms with Crippen LogP contribution in [0.5, 0.6) is 0 Å². The molecule has 3 aromatic rings. The lowest BCUT2D eigenvalue weighted by molar-refractivity contribution is 0.819. The lowest BCUT2D eigenvalue weighted by atomic mass is 10.2. The van der Waals surface area contributed by atoms with Crippen molar-refractivity contribution in [2.75, 3.05) is 0 Å². The third-order valence-corrected chi connectivity index (χ3v) is 2.82. The van der Waals surface area contributed by atoms with Crippen LogP contribution < -0.4 is 11.4 Å². The molecule has 0 amide bonds. The molecule has 20 heavy (non-hydrogen) atoms. The normalized spacial score (nSPS) is 11.4. The van der Waals surface area contributed by atoms with E-state index in [2.05, 4.69) is 25.3 Å². The lowest BCUT2D eigenvalue weighted by Crippen LogP contribution is -2.12. The van der Waals surface area contributed by atoms with Crippen molar-refractivity contribution in [1.82, 2.24) is 19.5 Å². The first kappa shape index (κ1) is 12.0. The number of nitrogens with one attached hydrogen (secondary N) is 1. The summed E-state index contributed by atoms with van der Waals surface area (Å²) in [6, 6.07) is 9.77. The van der Waals surface area contributed by atoms with Gasteiger partial charge in [0.15, 0.2) is 11.2 Å². The van der Waals surface area contributed by atoms with Gasteiger partial charge >= 0.3 is 0 Å². The summed E-state index contributed by atoms with van der Waals surface area (Å²) in [6.07, 6.45) is 1.57. The lowest BCUT2D eigenvalue weighted by Gasteiger charge is -2.03. The van der Waals surface area contributed by atoms with Gasteiger partial charge in [0.2, 0.25) is 0 Å². The van der Waals surface area contributed by atoms with Crippen LogP contribution in [0.25, 0.3) is 11.2 Å². The van der Waals surface area contributed by atoms with Gasteiger partial charge in [0.1, 0.15) is 0 Å². The van der Waals surface area contributed by atoms with Gasteiger partial charge in [-0.05, 0) is 5.56 Å². The summed E-state index contributed by atoms with van der Waals surface area (Å²) in [4.78, 5) is 22.7. The van der Waals surface area contributed by atoms with Crippen molar-refractivity contribution in [1.29, 1.82) is 0 Å². The van der Waals surface area contributed by atoms with E-state index in [1.165, 1.54) is 0 Å². The molecule has 0 fully saturated rings. The second kappa shape index (κ2) is 4.92. The Balaban J connectivity index is 2.08. The fraction of sp³-hybridized carbons (Fsp3) is 0.0833. The second-order valence-electron chi connectivity index (χ2n) is 4.14. The molecule has 3 N–H and O–H groups in total. The maximum absolute atomic E-state index is 12.0. The number of aromatic nitrogens is 4. The van der Waals surface area contributed by atoms with Crippen molar-refractivity contribution in [2.24, 2.45) is 16.2 Å². The van der Waals surface area contributed by atoms with Crippen LogP contribution in [0.15, 0.2) is 51.8 Å². The van der Waals surface area contributed by atoms with Gasteiger partial charge in [-0.1, -0.05) is 40.7 Å². The van der Waals surface area contributed by atoms with E-state index in [0.717, 1.165) is 5.56 Å². The zero-order valence-corrected chi connectivity index (χ0v) is 10.4. The second-order valence-corrected chi connectivity index (χ2v) is 4.14. The molecule has 3 rings (SSSR count). The predicted octanol–water partition coefficient (Wildman–Crippen LogP) is 1.13. The Bertz CT molecular complexity index is 819. The van der Waals surface area contributed by atoms with Crippen LogP contribution in [0.4, 0.5) is 5.95 Å². The number of imidazole rings is 1. The first-order chi connectivity index (χ1) is 9.78. The average molecular weight is 269 g/mol. The Morgan fingerprint density at radius 3 is 2.85 bits per heavy atom. The van der Waals surface area contributed by atoms with E-state index < -0.39 is 0 Å². The van der Waals surface area contributed by atoms with Gasteiger partial charge in [-0.2, -0.15) is 4.98 Å². The highest BCUT2D eigenvalue weighted by atomic mass is 16.1. The summed E-state index contributed by atoms with van der Waals surface area (Å²) in [5, 5.41) is 6.58. The van der Waals surface area contributed by atoms with Crippen LogP contribution in [0, 0.1) is 0 Å². The highest BCUT2D eigenvalue weighted by molar-refractivity contribution is 5.70. The quantitative estimate of drug-likeness (QED) is 0.421. The monoisotopic (exact) mass is 269 g/mol. The molecular formula is C12H11N7O. The SMILES string of the molecule is NN=Nc1nc2ncn(Cc3ccccc3)c2c(=O)[nH]1. The van der Waals surface area contributed by atoms with Crippen molar-refractivity contribution >= 4 is 17.1 Å². The number of hydrogen-bond donors (Lipinski definition) is 2. The summed E-state index contributed by atoms with van der Waals surface area (Å²) in [6.45, 7) is 0.542. The molecule has 0 saturated heterocycles. The van der Waals surface area contributed by atoms with Gasteiger partial charge in [0.05, 0.1) is 6.33 Å². The molecule has 0 aliphatic rings. The van der Waals surface area contributed by atoms with E-state index in [9.17, 15) is 4.79 Å². The summed E-state index contributed by atoms with van der Waals surface area (Å²) in [7, 11) is 0. The zero-order valence-electron chi connectivity index (χ0n) is 10.4. The number of hydrogen-bond acceptors (Lipinski definition) is 5. The van der Waals surface area contributed by atoms with Crippen molar-refractivity contribution in [3.63, 3.8) is 0 Å². The van der Waals surface area contributed by atoms with E-state index in [1.807, 2.05) is 30.3 Å². The number of nitrogens with zero attached hydrogens (tertiary/aromatic N) is 5. The van der Waals surface area contributed by atoms with Crippen molar-refractivity contribution in [3.8, 4) is 0 Å². The number of rotatable bonds is 3. The van der Waals surface area contributed by atoms with Crippen LogP contribution in [0.1, 0.15) is 5.56 Å². The minimum atomic E-state index is -0.328. The Morgan fingerprint density at radius 2 is 2.10 bits per heavy atom. The Labute approximate surface area is 113 Å². The molecule has 2 heterocycles. The minimum Gasteiger partial charge on any atom is -0.320 e. The smallest absolute Gasteiger partial charge is 0.278 e. The summed E-state index contributed by atoms with van der Waals surface area (Å²) in [5.41, 5.74) is 1.44. The molecule has 0 spiro atoms. The van der Waals surface area contributed by atoms with E-state index >= 15 is 0 Å². The van der Waals surface area contributed by atoms with Gasteiger partial charge in [0, 0.05) is 6.54 Å². The molecule has 8 heteroatoms. The van der Waals surface area contributed by atoms with Crippen LogP contribution in [0.2, 0.25) is 0 Å². The number of nitrogens with two attached hydrogens (primary N) is 1. The third-order valence-electron chi connectivity index (χ3n) is 2.82. The zero-order chi connectivity index (χ0) is 13.9. The Hall–Kier alpha value is -3.03. The number of fused-ring (bicyclic) bond motifs is 1. The van der Waals surface area contributed by atoms with Gasteiger partial charge in [0.25, 0.3) is 11.5 Å². The first-order valence-electron chi connectivity index (χ1n) is 5.88.